The Morgan fingerprint density at radius 2 is 1.94 bits per heavy atom. The molecule has 0 atom stereocenters. The Labute approximate surface area is 102 Å². The molecule has 0 heterocycles. The van der Waals surface area contributed by atoms with Crippen molar-refractivity contribution in [2.75, 3.05) is 0 Å². The fourth-order valence-electron chi connectivity index (χ4n) is 1.05. The third kappa shape index (κ3) is 3.97. The van der Waals surface area contributed by atoms with Gasteiger partial charge in [0.15, 0.2) is 0 Å². The molecule has 1 aromatic carbocycles. The lowest BCUT2D eigenvalue weighted by molar-refractivity contribution is -0.115. The van der Waals surface area contributed by atoms with Crippen molar-refractivity contribution in [2.24, 2.45) is 5.73 Å². The summed E-state index contributed by atoms with van der Waals surface area (Å²) in [6.07, 6.45) is 1.33. The van der Waals surface area contributed by atoms with Crippen molar-refractivity contribution in [3.63, 3.8) is 0 Å². The summed E-state index contributed by atoms with van der Waals surface area (Å²) in [7, 11) is 0. The number of nitrogens with one attached hydrogen (secondary N) is 1. The van der Waals surface area contributed by atoms with E-state index in [2.05, 4.69) is 0 Å². The lowest BCUT2D eigenvalue weighted by atomic mass is 10.1. The molecule has 3 amide bonds. The predicted octanol–water partition coefficient (Wildman–Crippen LogP) is 1.44. The Bertz CT molecular complexity index is 515. The number of benzene rings is 1. The van der Waals surface area contributed by atoms with Crippen LogP contribution in [0.5, 0.6) is 0 Å². The van der Waals surface area contributed by atoms with Crippen LogP contribution in [0.4, 0.5) is 4.79 Å². The van der Waals surface area contributed by atoms with Crippen molar-refractivity contribution >= 4 is 29.6 Å². The number of amides is 3. The van der Waals surface area contributed by atoms with Crippen molar-refractivity contribution in [3.05, 3.63) is 40.4 Å². The minimum absolute atomic E-state index is 0.217. The largest absolute Gasteiger partial charge is 0.351 e. The van der Waals surface area contributed by atoms with E-state index in [-0.39, 0.29) is 5.57 Å². The van der Waals surface area contributed by atoms with E-state index >= 15 is 0 Å². The second-order valence-corrected chi connectivity index (χ2v) is 3.48. The Hall–Kier alpha value is -2.32. The number of hydrogen-bond acceptors (Lipinski definition) is 3. The molecule has 1 rings (SSSR count). The minimum atomic E-state index is -1.01. The fraction of sp³-hybridized carbons (Fsp3) is 0. The number of imide groups is 1. The van der Waals surface area contributed by atoms with E-state index in [4.69, 9.17) is 22.6 Å². The van der Waals surface area contributed by atoms with Gasteiger partial charge in [-0.05, 0) is 23.8 Å². The van der Waals surface area contributed by atoms with Crippen LogP contribution >= 0.6 is 11.6 Å². The molecule has 0 unspecified atom stereocenters. The number of nitrogens with zero attached hydrogens (tertiary/aromatic N) is 1. The highest BCUT2D eigenvalue weighted by molar-refractivity contribution is 6.30. The number of halogens is 1. The van der Waals surface area contributed by atoms with E-state index in [1.165, 1.54) is 6.08 Å². The van der Waals surface area contributed by atoms with E-state index in [0.717, 1.165) is 0 Å². The lowest BCUT2D eigenvalue weighted by Gasteiger charge is -1.99. The summed E-state index contributed by atoms with van der Waals surface area (Å²) in [5, 5.41) is 11.1. The summed E-state index contributed by atoms with van der Waals surface area (Å²) in [6, 6.07) is 7.18. The first-order chi connectivity index (χ1) is 8.02. The normalized spacial score (nSPS) is 10.5. The molecule has 0 saturated heterocycles. The van der Waals surface area contributed by atoms with Crippen molar-refractivity contribution in [3.8, 4) is 6.07 Å². The van der Waals surface area contributed by atoms with Crippen molar-refractivity contribution in [1.82, 2.24) is 5.32 Å². The van der Waals surface area contributed by atoms with Crippen LogP contribution in [-0.2, 0) is 4.79 Å². The molecule has 0 fully saturated rings. The van der Waals surface area contributed by atoms with Crippen molar-refractivity contribution in [1.29, 1.82) is 5.26 Å². The Balaban J connectivity index is 2.95. The van der Waals surface area contributed by atoms with Crippen LogP contribution < -0.4 is 11.1 Å². The van der Waals surface area contributed by atoms with Crippen LogP contribution in [0.25, 0.3) is 6.08 Å². The number of nitrogens with two attached hydrogens (primary N) is 1. The molecular formula is C11H8ClN3O2. The monoisotopic (exact) mass is 249 g/mol. The van der Waals surface area contributed by atoms with Crippen LogP contribution in [-0.4, -0.2) is 11.9 Å². The number of carbonyl (C=O) groups is 2. The molecular weight excluding hydrogens is 242 g/mol. The number of rotatable bonds is 2. The van der Waals surface area contributed by atoms with Gasteiger partial charge in [0.1, 0.15) is 11.6 Å². The number of primary amides is 1. The number of carbonyl (C=O) groups excluding carboxylic acids is 2. The van der Waals surface area contributed by atoms with Crippen LogP contribution in [0, 0.1) is 11.3 Å². The summed E-state index contributed by atoms with van der Waals surface area (Å²) in [5.74, 6) is -0.838. The van der Waals surface area contributed by atoms with Gasteiger partial charge in [-0.1, -0.05) is 23.7 Å². The molecule has 0 aliphatic rings. The van der Waals surface area contributed by atoms with Gasteiger partial charge in [0.05, 0.1) is 0 Å². The first-order valence-electron chi connectivity index (χ1n) is 4.51. The average molecular weight is 250 g/mol. The standard InChI is InChI=1S/C11H8ClN3O2/c12-9-3-1-7(2-4-9)5-8(6-13)10(16)15-11(14)17/h1-5H,(H3,14,15,16,17)/b8-5-. The van der Waals surface area contributed by atoms with Crippen LogP contribution in [0.15, 0.2) is 29.8 Å². The molecule has 0 radical (unpaired) electrons. The SMILES string of the molecule is N#C/C(=C/c1ccc(Cl)cc1)C(=O)NC(N)=O. The second kappa shape index (κ2) is 5.68. The van der Waals surface area contributed by atoms with Gasteiger partial charge < -0.3 is 5.73 Å². The molecule has 6 heteroatoms. The molecule has 0 aliphatic heterocycles. The van der Waals surface area contributed by atoms with Crippen LogP contribution in [0.3, 0.4) is 0 Å². The molecule has 0 bridgehead atoms. The van der Waals surface area contributed by atoms with Gasteiger partial charge in [0.2, 0.25) is 0 Å². The van der Waals surface area contributed by atoms with E-state index in [0.29, 0.717) is 10.6 Å². The fourth-order valence-corrected chi connectivity index (χ4v) is 1.18. The van der Waals surface area contributed by atoms with E-state index in [1.54, 1.807) is 30.3 Å². The molecule has 17 heavy (non-hydrogen) atoms. The maximum absolute atomic E-state index is 11.3. The van der Waals surface area contributed by atoms with Crippen molar-refractivity contribution < 1.29 is 9.59 Å². The molecule has 5 nitrogen and oxygen atoms in total. The van der Waals surface area contributed by atoms with Gasteiger partial charge in [-0.15, -0.1) is 0 Å². The summed E-state index contributed by atoms with van der Waals surface area (Å²) < 4.78 is 0. The average Bonchev–Trinajstić information content (AvgIpc) is 2.27. The molecule has 0 aliphatic carbocycles. The smallest absolute Gasteiger partial charge is 0.319 e. The first-order valence-corrected chi connectivity index (χ1v) is 4.89. The molecule has 0 spiro atoms. The van der Waals surface area contributed by atoms with Crippen LogP contribution in [0.2, 0.25) is 5.02 Å². The van der Waals surface area contributed by atoms with Gasteiger partial charge in [-0.3, -0.25) is 10.1 Å². The third-order valence-corrected chi connectivity index (χ3v) is 2.03. The topological polar surface area (TPSA) is 96.0 Å². The highest BCUT2D eigenvalue weighted by Crippen LogP contribution is 2.12. The van der Waals surface area contributed by atoms with E-state index < -0.39 is 11.9 Å². The molecule has 1 aromatic rings. The minimum Gasteiger partial charge on any atom is -0.351 e. The van der Waals surface area contributed by atoms with Gasteiger partial charge in [0.25, 0.3) is 5.91 Å². The Morgan fingerprint density at radius 1 is 1.35 bits per heavy atom. The number of hydrogen-bond donors (Lipinski definition) is 2. The van der Waals surface area contributed by atoms with Gasteiger partial charge in [0, 0.05) is 5.02 Å². The quantitative estimate of drug-likeness (QED) is 0.613. The van der Waals surface area contributed by atoms with Crippen molar-refractivity contribution in [2.45, 2.75) is 0 Å². The van der Waals surface area contributed by atoms with Gasteiger partial charge in [-0.2, -0.15) is 5.26 Å². The zero-order valence-corrected chi connectivity index (χ0v) is 9.36. The maximum atomic E-state index is 11.3. The number of urea groups is 1. The summed E-state index contributed by atoms with van der Waals surface area (Å²) in [5.41, 5.74) is 5.17. The maximum Gasteiger partial charge on any atom is 0.319 e. The zero-order valence-electron chi connectivity index (χ0n) is 8.61. The molecule has 0 aromatic heterocycles. The van der Waals surface area contributed by atoms with Gasteiger partial charge in [-0.25, -0.2) is 4.79 Å². The molecule has 86 valence electrons. The molecule has 3 N–H and O–H groups in total. The number of nitriles is 1. The zero-order chi connectivity index (χ0) is 12.8. The Kier molecular flexibility index (Phi) is 4.26. The molecule has 0 saturated carbocycles. The van der Waals surface area contributed by atoms with E-state index in [1.807, 2.05) is 5.32 Å². The predicted molar refractivity (Wildman–Crippen MR) is 62.8 cm³/mol. The van der Waals surface area contributed by atoms with Crippen LogP contribution in [0.1, 0.15) is 5.56 Å². The summed E-state index contributed by atoms with van der Waals surface area (Å²) >= 11 is 5.69. The first kappa shape index (κ1) is 12.7. The van der Waals surface area contributed by atoms with E-state index in [9.17, 15) is 9.59 Å². The summed E-state index contributed by atoms with van der Waals surface area (Å²) in [4.78, 5) is 21.8. The summed E-state index contributed by atoms with van der Waals surface area (Å²) in [6.45, 7) is 0. The van der Waals surface area contributed by atoms with Gasteiger partial charge >= 0.3 is 6.03 Å². The second-order valence-electron chi connectivity index (χ2n) is 3.04. The third-order valence-electron chi connectivity index (χ3n) is 1.78. The highest BCUT2D eigenvalue weighted by Gasteiger charge is 2.10. The lowest BCUT2D eigenvalue weighted by Crippen LogP contribution is -2.35. The Morgan fingerprint density at radius 3 is 2.41 bits per heavy atom. The highest BCUT2D eigenvalue weighted by atomic mass is 35.5.